The van der Waals surface area contributed by atoms with E-state index in [1.54, 1.807) is 31.4 Å². The van der Waals surface area contributed by atoms with Crippen LogP contribution in [0.25, 0.3) is 10.2 Å². The number of carbonyl (C=O) groups is 1. The van der Waals surface area contributed by atoms with Crippen LogP contribution in [-0.2, 0) is 11.3 Å². The van der Waals surface area contributed by atoms with Crippen LogP contribution in [0.4, 0.5) is 5.69 Å². The van der Waals surface area contributed by atoms with Gasteiger partial charge in [0, 0.05) is 31.4 Å². The number of hydrogen-bond acceptors (Lipinski definition) is 7. The number of amides is 1. The van der Waals surface area contributed by atoms with Gasteiger partial charge in [0.05, 0.1) is 21.7 Å². The lowest BCUT2D eigenvalue weighted by molar-refractivity contribution is -0.384. The number of ether oxygens (including phenoxy) is 3. The zero-order chi connectivity index (χ0) is 20.4. The van der Waals surface area contributed by atoms with Crippen molar-refractivity contribution in [3.8, 4) is 11.5 Å². The summed E-state index contributed by atoms with van der Waals surface area (Å²) in [6, 6.07) is 9.51. The van der Waals surface area contributed by atoms with E-state index in [1.807, 2.05) is 4.57 Å². The molecule has 1 aromatic heterocycles. The van der Waals surface area contributed by atoms with Crippen molar-refractivity contribution in [3.05, 3.63) is 56.9 Å². The Hall–Kier alpha value is -3.24. The molecule has 0 saturated heterocycles. The molecule has 9 nitrogen and oxygen atoms in total. The predicted octanol–water partition coefficient (Wildman–Crippen LogP) is 2.77. The summed E-state index contributed by atoms with van der Waals surface area (Å²) >= 11 is 1.22. The molecule has 1 amide bonds. The number of hydrogen-bond donors (Lipinski definition) is 0. The second-order valence-corrected chi connectivity index (χ2v) is 7.22. The molecule has 3 aromatic rings. The Morgan fingerprint density at radius 2 is 2.03 bits per heavy atom. The van der Waals surface area contributed by atoms with Crippen molar-refractivity contribution in [1.82, 2.24) is 4.57 Å². The number of benzene rings is 2. The van der Waals surface area contributed by atoms with E-state index in [0.29, 0.717) is 52.9 Å². The van der Waals surface area contributed by atoms with E-state index in [0.717, 1.165) is 5.52 Å². The van der Waals surface area contributed by atoms with E-state index in [9.17, 15) is 14.9 Å². The fourth-order valence-electron chi connectivity index (χ4n) is 2.99. The molecular formula is C19H17N3O6S. The largest absolute Gasteiger partial charge is 0.486 e. The molecule has 1 aliphatic rings. The maximum Gasteiger partial charge on any atom is 0.279 e. The summed E-state index contributed by atoms with van der Waals surface area (Å²) in [5, 5.41) is 11.1. The SMILES string of the molecule is COCCn1c(=NC(=O)c2ccc3c(c2)OCCO3)sc2cc([N+](=O)[O-])ccc21. The minimum Gasteiger partial charge on any atom is -0.486 e. The molecule has 1 aliphatic heterocycles. The molecule has 0 unspecified atom stereocenters. The van der Waals surface area contributed by atoms with Gasteiger partial charge in [-0.05, 0) is 24.3 Å². The number of carbonyl (C=O) groups excluding carboxylic acids is 1. The van der Waals surface area contributed by atoms with Gasteiger partial charge in [-0.1, -0.05) is 11.3 Å². The van der Waals surface area contributed by atoms with Crippen LogP contribution in [0.2, 0.25) is 0 Å². The first-order valence-electron chi connectivity index (χ1n) is 8.82. The number of aromatic nitrogens is 1. The van der Waals surface area contributed by atoms with Gasteiger partial charge < -0.3 is 18.8 Å². The zero-order valence-corrected chi connectivity index (χ0v) is 16.3. The Balaban J connectivity index is 1.77. The van der Waals surface area contributed by atoms with Crippen LogP contribution in [0.15, 0.2) is 41.4 Å². The smallest absolute Gasteiger partial charge is 0.279 e. The number of nitro benzene ring substituents is 1. The van der Waals surface area contributed by atoms with Gasteiger partial charge in [-0.2, -0.15) is 4.99 Å². The molecule has 0 bridgehead atoms. The van der Waals surface area contributed by atoms with Gasteiger partial charge in [0.1, 0.15) is 13.2 Å². The first-order chi connectivity index (χ1) is 14.1. The number of thiazole rings is 1. The van der Waals surface area contributed by atoms with E-state index in [2.05, 4.69) is 4.99 Å². The standard InChI is InChI=1S/C19H17N3O6S/c1-26-7-6-21-14-4-3-13(22(24)25)11-17(14)29-19(21)20-18(23)12-2-5-15-16(10-12)28-9-8-27-15/h2-5,10-11H,6-9H2,1H3. The van der Waals surface area contributed by atoms with Gasteiger partial charge in [0.2, 0.25) is 0 Å². The van der Waals surface area contributed by atoms with Crippen LogP contribution < -0.4 is 14.3 Å². The van der Waals surface area contributed by atoms with Gasteiger partial charge in [-0.15, -0.1) is 0 Å². The molecule has 4 rings (SSSR count). The summed E-state index contributed by atoms with van der Waals surface area (Å²) in [6.07, 6.45) is 0. The van der Waals surface area contributed by atoms with E-state index < -0.39 is 10.8 Å². The van der Waals surface area contributed by atoms with Crippen molar-refractivity contribution in [1.29, 1.82) is 0 Å². The monoisotopic (exact) mass is 415 g/mol. The van der Waals surface area contributed by atoms with Crippen molar-refractivity contribution in [2.45, 2.75) is 6.54 Å². The third-order valence-electron chi connectivity index (χ3n) is 4.38. The van der Waals surface area contributed by atoms with E-state index in [-0.39, 0.29) is 5.69 Å². The molecule has 0 fully saturated rings. The molecular weight excluding hydrogens is 398 g/mol. The lowest BCUT2D eigenvalue weighted by Crippen LogP contribution is -2.19. The summed E-state index contributed by atoms with van der Waals surface area (Å²) in [4.78, 5) is 28.1. The summed E-state index contributed by atoms with van der Waals surface area (Å²) < 4.78 is 18.6. The molecule has 29 heavy (non-hydrogen) atoms. The molecule has 2 aromatic carbocycles. The van der Waals surface area contributed by atoms with Crippen LogP contribution in [0.5, 0.6) is 11.5 Å². The number of nitro groups is 1. The van der Waals surface area contributed by atoms with Crippen molar-refractivity contribution in [2.75, 3.05) is 26.9 Å². The molecule has 0 aliphatic carbocycles. The van der Waals surface area contributed by atoms with Gasteiger partial charge in [-0.25, -0.2) is 0 Å². The Morgan fingerprint density at radius 1 is 1.24 bits per heavy atom. The van der Waals surface area contributed by atoms with Crippen LogP contribution in [0.3, 0.4) is 0 Å². The van der Waals surface area contributed by atoms with Crippen molar-refractivity contribution < 1.29 is 23.9 Å². The molecule has 150 valence electrons. The Morgan fingerprint density at radius 3 is 2.79 bits per heavy atom. The highest BCUT2D eigenvalue weighted by Gasteiger charge is 2.16. The van der Waals surface area contributed by atoms with E-state index in [4.69, 9.17) is 14.2 Å². The highest BCUT2D eigenvalue weighted by molar-refractivity contribution is 7.16. The highest BCUT2D eigenvalue weighted by atomic mass is 32.1. The summed E-state index contributed by atoms with van der Waals surface area (Å²) in [5.41, 5.74) is 1.12. The van der Waals surface area contributed by atoms with Crippen LogP contribution in [0, 0.1) is 10.1 Å². The first-order valence-corrected chi connectivity index (χ1v) is 9.64. The average molecular weight is 415 g/mol. The van der Waals surface area contributed by atoms with Gasteiger partial charge in [-0.3, -0.25) is 14.9 Å². The third kappa shape index (κ3) is 3.84. The first kappa shape index (κ1) is 19.1. The minimum absolute atomic E-state index is 0.0117. The molecule has 0 spiro atoms. The third-order valence-corrected chi connectivity index (χ3v) is 5.42. The molecule has 2 heterocycles. The van der Waals surface area contributed by atoms with E-state index >= 15 is 0 Å². The fourth-order valence-corrected chi connectivity index (χ4v) is 4.07. The molecule has 0 N–H and O–H groups in total. The Bertz CT molecular complexity index is 1170. The Labute approximate surface area is 168 Å². The second-order valence-electron chi connectivity index (χ2n) is 6.21. The van der Waals surface area contributed by atoms with Crippen molar-refractivity contribution in [3.63, 3.8) is 0 Å². The predicted molar refractivity (Wildman–Crippen MR) is 106 cm³/mol. The second kappa shape index (κ2) is 8.02. The maximum absolute atomic E-state index is 12.8. The quantitative estimate of drug-likeness (QED) is 0.469. The maximum atomic E-state index is 12.8. The van der Waals surface area contributed by atoms with Crippen molar-refractivity contribution in [2.24, 2.45) is 4.99 Å². The molecule has 0 atom stereocenters. The Kier molecular flexibility index (Phi) is 5.28. The summed E-state index contributed by atoms with van der Waals surface area (Å²) in [5.74, 6) is 0.669. The number of non-ortho nitro benzene ring substituents is 1. The van der Waals surface area contributed by atoms with Gasteiger partial charge >= 0.3 is 0 Å². The van der Waals surface area contributed by atoms with Crippen molar-refractivity contribution >= 4 is 33.1 Å². The molecule has 10 heteroatoms. The lowest BCUT2D eigenvalue weighted by atomic mass is 10.2. The van der Waals surface area contributed by atoms with Gasteiger partial charge in [0.15, 0.2) is 16.3 Å². The van der Waals surface area contributed by atoms with Crippen LogP contribution >= 0.6 is 11.3 Å². The zero-order valence-electron chi connectivity index (χ0n) is 15.5. The summed E-state index contributed by atoms with van der Waals surface area (Å²) in [7, 11) is 1.58. The number of nitrogens with zero attached hydrogens (tertiary/aromatic N) is 3. The minimum atomic E-state index is -0.449. The number of rotatable bonds is 5. The summed E-state index contributed by atoms with van der Waals surface area (Å²) in [6.45, 7) is 1.77. The van der Waals surface area contributed by atoms with E-state index in [1.165, 1.54) is 23.5 Å². The molecule has 0 radical (unpaired) electrons. The van der Waals surface area contributed by atoms with Gasteiger partial charge in [0.25, 0.3) is 11.6 Å². The fraction of sp³-hybridized carbons (Fsp3) is 0.263. The highest BCUT2D eigenvalue weighted by Crippen LogP contribution is 2.31. The number of fused-ring (bicyclic) bond motifs is 2. The number of methoxy groups -OCH3 is 1. The lowest BCUT2D eigenvalue weighted by Gasteiger charge is -2.18. The van der Waals surface area contributed by atoms with Crippen LogP contribution in [-0.4, -0.2) is 42.3 Å². The average Bonchev–Trinajstić information content (AvgIpc) is 3.07. The van der Waals surface area contributed by atoms with Crippen LogP contribution in [0.1, 0.15) is 10.4 Å². The normalized spacial score (nSPS) is 13.6. The molecule has 0 saturated carbocycles. The topological polar surface area (TPSA) is 105 Å².